The summed E-state index contributed by atoms with van der Waals surface area (Å²) in [4.78, 5) is 44.0. The molecular formula is C20H26O7. The zero-order chi connectivity index (χ0) is 20.7. The van der Waals surface area contributed by atoms with E-state index in [1.54, 1.807) is 26.8 Å². The highest BCUT2D eigenvalue weighted by Gasteiger charge is 2.15. The molecule has 1 aromatic carbocycles. The minimum absolute atomic E-state index is 0.0769. The summed E-state index contributed by atoms with van der Waals surface area (Å²) in [5.74, 6) is -1.93. The van der Waals surface area contributed by atoms with E-state index in [1.165, 1.54) is 6.92 Å². The molecule has 1 aromatic rings. The first-order chi connectivity index (χ1) is 12.8. The third-order valence-corrected chi connectivity index (χ3v) is 2.88. The van der Waals surface area contributed by atoms with Gasteiger partial charge in [0.15, 0.2) is 5.78 Å². The first-order valence-electron chi connectivity index (χ1n) is 8.61. The molecule has 7 nitrogen and oxygen atoms in total. The van der Waals surface area contributed by atoms with Gasteiger partial charge in [-0.1, -0.05) is 30.3 Å². The van der Waals surface area contributed by atoms with Gasteiger partial charge in [-0.05, 0) is 39.3 Å². The van der Waals surface area contributed by atoms with E-state index in [4.69, 9.17) is 4.74 Å². The summed E-state index contributed by atoms with van der Waals surface area (Å²) in [6, 6.07) is 9.20. The number of rotatable bonds is 8. The minimum Gasteiger partial charge on any atom is -0.466 e. The van der Waals surface area contributed by atoms with Crippen LogP contribution in [-0.2, 0) is 33.4 Å². The number of Topliss-reactive ketones (excluding diaryl/α,β-unsaturated/α-hetero) is 1. The molecule has 0 saturated carbocycles. The second-order valence-electron chi connectivity index (χ2n) is 5.03. The Balaban J connectivity index is 0.000000541. The maximum Gasteiger partial charge on any atom is 0.341 e. The molecule has 0 aliphatic heterocycles. The van der Waals surface area contributed by atoms with E-state index in [0.717, 1.165) is 5.56 Å². The van der Waals surface area contributed by atoms with Gasteiger partial charge in [-0.25, -0.2) is 4.79 Å². The Morgan fingerprint density at radius 3 is 1.70 bits per heavy atom. The van der Waals surface area contributed by atoms with E-state index in [-0.39, 0.29) is 37.6 Å². The van der Waals surface area contributed by atoms with E-state index in [1.807, 2.05) is 30.3 Å². The van der Waals surface area contributed by atoms with Gasteiger partial charge in [0.05, 0.1) is 19.8 Å². The van der Waals surface area contributed by atoms with Crippen molar-refractivity contribution >= 4 is 29.8 Å². The summed E-state index contributed by atoms with van der Waals surface area (Å²) in [6.07, 6.45) is 1.25. The van der Waals surface area contributed by atoms with Gasteiger partial charge in [-0.15, -0.1) is 0 Å². The number of hydrogen-bond donors (Lipinski definition) is 0. The second kappa shape index (κ2) is 14.2. The lowest BCUT2D eigenvalue weighted by atomic mass is 10.1. The maximum atomic E-state index is 11.5. The number of carbonyl (C=O) groups excluding carboxylic acids is 4. The molecule has 0 radical (unpaired) electrons. The first-order valence-corrected chi connectivity index (χ1v) is 8.61. The lowest BCUT2D eigenvalue weighted by molar-refractivity contribution is -0.154. The summed E-state index contributed by atoms with van der Waals surface area (Å²) in [6.45, 7) is 7.27. The fraction of sp³-hybridized carbons (Fsp3) is 0.400. The fourth-order valence-corrected chi connectivity index (χ4v) is 1.77. The van der Waals surface area contributed by atoms with Crippen LogP contribution in [0.15, 0.2) is 35.9 Å². The zero-order valence-electron chi connectivity index (χ0n) is 16.2. The third kappa shape index (κ3) is 11.3. The van der Waals surface area contributed by atoms with Gasteiger partial charge in [-0.2, -0.15) is 0 Å². The first kappa shape index (κ1) is 24.0. The molecular weight excluding hydrogens is 352 g/mol. The molecule has 0 amide bonds. The minimum atomic E-state index is -0.571. The largest absolute Gasteiger partial charge is 0.466 e. The van der Waals surface area contributed by atoms with Crippen molar-refractivity contribution in [1.29, 1.82) is 0 Å². The van der Waals surface area contributed by atoms with E-state index in [9.17, 15) is 19.2 Å². The Kier molecular flexibility index (Phi) is 12.7. The molecule has 0 aliphatic carbocycles. The molecule has 0 N–H and O–H groups in total. The van der Waals surface area contributed by atoms with Crippen LogP contribution < -0.4 is 0 Å². The quantitative estimate of drug-likeness (QED) is 0.226. The van der Waals surface area contributed by atoms with Crippen molar-refractivity contribution in [1.82, 2.24) is 0 Å². The molecule has 0 aromatic heterocycles. The smallest absolute Gasteiger partial charge is 0.341 e. The zero-order valence-corrected chi connectivity index (χ0v) is 16.2. The van der Waals surface area contributed by atoms with Gasteiger partial charge in [0.2, 0.25) is 0 Å². The molecule has 0 spiro atoms. The predicted molar refractivity (Wildman–Crippen MR) is 99.6 cm³/mol. The van der Waals surface area contributed by atoms with Gasteiger partial charge in [0.25, 0.3) is 0 Å². The van der Waals surface area contributed by atoms with Crippen LogP contribution in [0, 0.1) is 0 Å². The molecule has 0 bridgehead atoms. The third-order valence-electron chi connectivity index (χ3n) is 2.88. The molecule has 7 heteroatoms. The summed E-state index contributed by atoms with van der Waals surface area (Å²) >= 11 is 0. The molecule has 0 heterocycles. The van der Waals surface area contributed by atoms with Crippen molar-refractivity contribution < 1.29 is 33.4 Å². The summed E-state index contributed by atoms with van der Waals surface area (Å²) < 4.78 is 13.8. The van der Waals surface area contributed by atoms with Gasteiger partial charge in [0.1, 0.15) is 12.0 Å². The van der Waals surface area contributed by atoms with Crippen molar-refractivity contribution in [2.24, 2.45) is 0 Å². The van der Waals surface area contributed by atoms with Crippen LogP contribution in [0.2, 0.25) is 0 Å². The molecule has 0 atom stereocenters. The van der Waals surface area contributed by atoms with Crippen molar-refractivity contribution in [3.05, 3.63) is 41.5 Å². The van der Waals surface area contributed by atoms with Crippen molar-refractivity contribution in [3.8, 4) is 0 Å². The number of carbonyl (C=O) groups is 4. The van der Waals surface area contributed by atoms with Crippen molar-refractivity contribution in [2.45, 2.75) is 34.1 Å². The Bertz CT molecular complexity index is 632. The van der Waals surface area contributed by atoms with E-state index < -0.39 is 17.9 Å². The van der Waals surface area contributed by atoms with Crippen LogP contribution in [0.25, 0.3) is 6.08 Å². The topological polar surface area (TPSA) is 96.0 Å². The fourth-order valence-electron chi connectivity index (χ4n) is 1.77. The summed E-state index contributed by atoms with van der Waals surface area (Å²) in [5.41, 5.74) is 0.883. The van der Waals surface area contributed by atoms with Gasteiger partial charge >= 0.3 is 17.9 Å². The van der Waals surface area contributed by atoms with E-state index in [2.05, 4.69) is 9.47 Å². The molecule has 27 heavy (non-hydrogen) atoms. The van der Waals surface area contributed by atoms with Crippen molar-refractivity contribution in [2.75, 3.05) is 19.8 Å². The average molecular weight is 378 g/mol. The molecule has 0 saturated heterocycles. The van der Waals surface area contributed by atoms with Crippen LogP contribution in [0.4, 0.5) is 0 Å². The Morgan fingerprint density at radius 2 is 1.30 bits per heavy atom. The highest BCUT2D eigenvalue weighted by atomic mass is 16.6. The predicted octanol–water partition coefficient (Wildman–Crippen LogP) is 2.72. The highest BCUT2D eigenvalue weighted by molar-refractivity contribution is 6.19. The Morgan fingerprint density at radius 1 is 0.815 bits per heavy atom. The number of hydrogen-bond acceptors (Lipinski definition) is 7. The average Bonchev–Trinajstić information content (AvgIpc) is 2.61. The van der Waals surface area contributed by atoms with Crippen LogP contribution in [0.1, 0.15) is 39.7 Å². The summed E-state index contributed by atoms with van der Waals surface area (Å²) in [5, 5.41) is 0. The number of ether oxygens (including phenoxy) is 3. The molecule has 0 fully saturated rings. The van der Waals surface area contributed by atoms with Gasteiger partial charge < -0.3 is 14.2 Å². The number of esters is 3. The van der Waals surface area contributed by atoms with Gasteiger partial charge in [0, 0.05) is 0 Å². The maximum absolute atomic E-state index is 11.5. The van der Waals surface area contributed by atoms with Crippen LogP contribution >= 0.6 is 0 Å². The van der Waals surface area contributed by atoms with Crippen LogP contribution in [-0.4, -0.2) is 43.5 Å². The van der Waals surface area contributed by atoms with Crippen molar-refractivity contribution in [3.63, 3.8) is 0 Å². The SMILES string of the molecule is CCOC(=O)C(=Cc1ccccc1)C(C)=O.CCOC(=O)CC(=O)OCC. The molecule has 0 aliphatic rings. The van der Waals surface area contributed by atoms with Crippen LogP contribution in [0.3, 0.4) is 0 Å². The van der Waals surface area contributed by atoms with E-state index in [0.29, 0.717) is 0 Å². The number of ketones is 1. The monoisotopic (exact) mass is 378 g/mol. The highest BCUT2D eigenvalue weighted by Crippen LogP contribution is 2.09. The number of benzene rings is 1. The standard InChI is InChI=1S/C13H14O3.C7H12O4/c1-3-16-13(15)12(10(2)14)9-11-7-5-4-6-8-11;1-3-10-6(8)5-7(9)11-4-2/h4-9H,3H2,1-2H3;3-5H2,1-2H3. The lowest BCUT2D eigenvalue weighted by Gasteiger charge is -2.03. The van der Waals surface area contributed by atoms with Gasteiger partial charge in [-0.3, -0.25) is 14.4 Å². The Hall–Kier alpha value is -2.96. The molecule has 1 rings (SSSR count). The Labute approximate surface area is 159 Å². The second-order valence-corrected chi connectivity index (χ2v) is 5.03. The van der Waals surface area contributed by atoms with E-state index >= 15 is 0 Å². The molecule has 0 unspecified atom stereocenters. The van der Waals surface area contributed by atoms with Crippen LogP contribution in [0.5, 0.6) is 0 Å². The lowest BCUT2D eigenvalue weighted by Crippen LogP contribution is -2.13. The summed E-state index contributed by atoms with van der Waals surface area (Å²) in [7, 11) is 0. The molecule has 148 valence electrons. The normalized spacial score (nSPS) is 10.1.